The SMILES string of the molecule is [CH-]=CC1=C2C=C3N=C(C=C4[N-]C(=C(C)[C-]4/C=C/C(=O)O)C=C4[N-]C(=C(C=[CH-])[C-]4C)C=C([N-]2)[C-]1C)C(/C=C/C(=O)O)=C3C.[Fe+2]. The van der Waals surface area contributed by atoms with Gasteiger partial charge in [-0.3, -0.25) is 26.9 Å². The monoisotopic (exact) mass is 610 g/mol. The Kier molecular flexibility index (Phi) is 8.71. The first-order valence-corrected chi connectivity index (χ1v) is 13.0. The molecule has 8 bridgehead atoms. The zero-order chi connectivity index (χ0) is 30.3. The molecule has 0 aliphatic carbocycles. The van der Waals surface area contributed by atoms with Crippen LogP contribution in [0.3, 0.4) is 0 Å². The number of aliphatic imine (C=N–C) groups is 1. The van der Waals surface area contributed by atoms with Gasteiger partial charge in [-0.25, -0.2) is 34.5 Å². The van der Waals surface area contributed by atoms with Crippen molar-refractivity contribution in [3.8, 4) is 0 Å². The van der Waals surface area contributed by atoms with E-state index in [2.05, 4.69) is 0 Å². The number of carbonyl (C=O) groups is 2. The number of carboxylic acid groups (broad SMARTS) is 2. The van der Waals surface area contributed by atoms with Gasteiger partial charge in [-0.15, -0.1) is 24.1 Å². The van der Waals surface area contributed by atoms with Gasteiger partial charge in [-0.1, -0.05) is 20.8 Å². The van der Waals surface area contributed by atoms with E-state index in [9.17, 15) is 19.8 Å². The van der Waals surface area contributed by atoms with Gasteiger partial charge < -0.3 is 74.0 Å². The smallest absolute Gasteiger partial charge is 0.741 e. The molecule has 5 heterocycles. The Balaban J connectivity index is 0.00000423. The van der Waals surface area contributed by atoms with E-state index in [0.717, 1.165) is 46.3 Å². The maximum atomic E-state index is 11.4. The molecule has 0 aromatic rings. The summed E-state index contributed by atoms with van der Waals surface area (Å²) in [7, 11) is 0. The molecule has 0 spiro atoms. The van der Waals surface area contributed by atoms with E-state index in [0.29, 0.717) is 57.1 Å². The van der Waals surface area contributed by atoms with Crippen LogP contribution in [0.2, 0.25) is 0 Å². The second-order valence-electron chi connectivity index (χ2n) is 9.94. The summed E-state index contributed by atoms with van der Waals surface area (Å²) >= 11 is 0. The number of fused-ring (bicyclic) bond motifs is 7. The van der Waals surface area contributed by atoms with Gasteiger partial charge in [0, 0.05) is 11.8 Å². The summed E-state index contributed by atoms with van der Waals surface area (Å²) in [6.45, 7) is 19.6. The van der Waals surface area contributed by atoms with Gasteiger partial charge in [0.15, 0.2) is 0 Å². The molecule has 0 saturated carbocycles. The first-order chi connectivity index (χ1) is 20.0. The van der Waals surface area contributed by atoms with Crippen LogP contribution < -0.4 is 0 Å². The van der Waals surface area contributed by atoms with Gasteiger partial charge >= 0.3 is 23.0 Å². The molecule has 0 aromatic carbocycles. The second kappa shape index (κ2) is 12.1. The Morgan fingerprint density at radius 1 is 0.814 bits per heavy atom. The van der Waals surface area contributed by atoms with Crippen molar-refractivity contribution in [3.63, 3.8) is 0 Å². The Morgan fingerprint density at radius 3 is 1.91 bits per heavy atom. The van der Waals surface area contributed by atoms with Gasteiger partial charge in [0.2, 0.25) is 0 Å². The van der Waals surface area contributed by atoms with Crippen molar-refractivity contribution in [1.29, 1.82) is 0 Å². The third-order valence-electron chi connectivity index (χ3n) is 7.43. The molecule has 0 atom stereocenters. The quantitative estimate of drug-likeness (QED) is 0.186. The number of allylic oxidation sites excluding steroid dienone is 12. The zero-order valence-electron chi connectivity index (χ0n) is 23.8. The largest absolute Gasteiger partial charge is 2.00 e. The fraction of sp³-hybridized carbons (Fsp3) is 0.118. The van der Waals surface area contributed by atoms with Crippen LogP contribution in [0.15, 0.2) is 133 Å². The normalized spacial score (nSPS) is 19.6. The van der Waals surface area contributed by atoms with Crippen molar-refractivity contribution >= 4 is 17.7 Å². The minimum Gasteiger partial charge on any atom is -0.741 e. The molecule has 5 aliphatic heterocycles. The summed E-state index contributed by atoms with van der Waals surface area (Å²) in [6.07, 6.45) is 15.3. The molecule has 0 unspecified atom stereocenters. The number of nitrogens with zero attached hydrogens (tertiary/aromatic N) is 4. The minimum atomic E-state index is -1.10. The summed E-state index contributed by atoms with van der Waals surface area (Å²) in [5.41, 5.74) is 8.21. The van der Waals surface area contributed by atoms with E-state index in [1.165, 1.54) is 24.3 Å². The zero-order valence-corrected chi connectivity index (χ0v) is 24.9. The van der Waals surface area contributed by atoms with E-state index in [1.807, 2.05) is 39.8 Å². The summed E-state index contributed by atoms with van der Waals surface area (Å²) in [4.78, 5) is 27.6. The predicted octanol–water partition coefficient (Wildman–Crippen LogP) is 7.27. The van der Waals surface area contributed by atoms with Crippen molar-refractivity contribution in [2.24, 2.45) is 4.99 Å². The van der Waals surface area contributed by atoms with Crippen LogP contribution >= 0.6 is 0 Å². The Bertz CT molecular complexity index is 1690. The third kappa shape index (κ3) is 5.73. The van der Waals surface area contributed by atoms with Crippen molar-refractivity contribution in [2.75, 3.05) is 0 Å². The molecule has 220 valence electrons. The van der Waals surface area contributed by atoms with Crippen molar-refractivity contribution < 1.29 is 36.9 Å². The molecule has 2 N–H and O–H groups in total. The third-order valence-corrected chi connectivity index (χ3v) is 7.43. The average Bonchev–Trinajstić information content (AvgIpc) is 3.59. The Labute approximate surface area is 262 Å². The number of hydrogen-bond acceptors (Lipinski definition) is 3. The topological polar surface area (TPSA) is 129 Å². The summed E-state index contributed by atoms with van der Waals surface area (Å²) < 4.78 is 0. The molecule has 5 rings (SSSR count). The summed E-state index contributed by atoms with van der Waals surface area (Å²) in [5.74, 6) is 0.0945. The van der Waals surface area contributed by atoms with Gasteiger partial charge in [0.25, 0.3) is 5.97 Å². The van der Waals surface area contributed by atoms with Crippen LogP contribution in [-0.2, 0) is 26.7 Å². The number of hydrogen-bond donors (Lipinski definition) is 2. The summed E-state index contributed by atoms with van der Waals surface area (Å²) in [5, 5.41) is 33.2. The molecule has 43 heavy (non-hydrogen) atoms. The molecular formula is C34H26FeN4O4-6. The molecule has 0 fully saturated rings. The standard InChI is InChI=1S/C34H27N4O4.Fe/c1-7-21-17(3)25-13-26-19(5)23(9-11-33(39)40)31(37-26)16-32-24(10-12-34(41)42)20(6)28(38-32)15-30-22(8-2)18(4)27(36-30)14-29(21)35-25;/h1-2,7-16H,3-6H3,(H3,37,38,39,40,41,42);/q-7;+2/p-1/b11-9+,12-10+,25-13?,27-14?,28-15?;. The van der Waals surface area contributed by atoms with E-state index in [1.54, 1.807) is 12.2 Å². The van der Waals surface area contributed by atoms with Crippen LogP contribution in [-0.4, -0.2) is 27.9 Å². The van der Waals surface area contributed by atoms with Crippen molar-refractivity contribution in [3.05, 3.63) is 175 Å². The van der Waals surface area contributed by atoms with Crippen LogP contribution in [0.25, 0.3) is 16.0 Å². The second-order valence-corrected chi connectivity index (χ2v) is 9.94. The Hall–Kier alpha value is -4.98. The first kappa shape index (κ1) is 31.0. The van der Waals surface area contributed by atoms with Gasteiger partial charge in [-0.2, -0.15) is 5.57 Å². The molecule has 0 aromatic heterocycles. The average molecular weight is 610 g/mol. The van der Waals surface area contributed by atoms with Gasteiger partial charge in [-0.05, 0) is 30.2 Å². The maximum absolute atomic E-state index is 11.4. The molecule has 0 amide bonds. The van der Waals surface area contributed by atoms with E-state index in [4.69, 9.17) is 34.1 Å². The summed E-state index contributed by atoms with van der Waals surface area (Å²) in [6, 6.07) is 0. The van der Waals surface area contributed by atoms with Crippen LogP contribution in [0.5, 0.6) is 0 Å². The minimum absolute atomic E-state index is 0. The van der Waals surface area contributed by atoms with E-state index >= 15 is 0 Å². The molecule has 5 aliphatic rings. The van der Waals surface area contributed by atoms with Crippen LogP contribution in [0, 0.1) is 30.9 Å². The molecular weight excluding hydrogens is 584 g/mol. The fourth-order valence-electron chi connectivity index (χ4n) is 5.09. The molecule has 0 radical (unpaired) electrons. The molecule has 9 heteroatoms. The Morgan fingerprint density at radius 2 is 1.35 bits per heavy atom. The van der Waals surface area contributed by atoms with Crippen LogP contribution in [0.4, 0.5) is 0 Å². The first-order valence-electron chi connectivity index (χ1n) is 13.0. The number of aliphatic carboxylic acids is 2. The molecule has 0 saturated heterocycles. The van der Waals surface area contributed by atoms with Crippen molar-refractivity contribution in [1.82, 2.24) is 0 Å². The molecule has 8 nitrogen and oxygen atoms in total. The fourth-order valence-corrected chi connectivity index (χ4v) is 5.09. The maximum Gasteiger partial charge on any atom is 2.00 e. The van der Waals surface area contributed by atoms with E-state index < -0.39 is 11.9 Å². The van der Waals surface area contributed by atoms with Crippen molar-refractivity contribution in [2.45, 2.75) is 27.7 Å². The van der Waals surface area contributed by atoms with Gasteiger partial charge in [0.05, 0.1) is 5.70 Å². The number of rotatable bonds is 6. The van der Waals surface area contributed by atoms with Gasteiger partial charge in [0.1, 0.15) is 0 Å². The number of carboxylic acids is 2. The van der Waals surface area contributed by atoms with E-state index in [-0.39, 0.29) is 17.1 Å². The van der Waals surface area contributed by atoms with Crippen LogP contribution in [0.1, 0.15) is 27.7 Å². The predicted molar refractivity (Wildman–Crippen MR) is 162 cm³/mol.